The van der Waals surface area contributed by atoms with E-state index >= 15 is 0 Å². The maximum Gasteiger partial charge on any atom is 0.407 e. The van der Waals surface area contributed by atoms with Crippen LogP contribution in [-0.4, -0.2) is 30.1 Å². The number of carbonyl (C=O) groups is 3. The third-order valence-corrected chi connectivity index (χ3v) is 3.08. The number of rotatable bonds is 7. The lowest BCUT2D eigenvalue weighted by atomic mass is 10.1. The molecule has 0 radical (unpaired) electrons. The van der Waals surface area contributed by atoms with Gasteiger partial charge in [0.05, 0.1) is 0 Å². The van der Waals surface area contributed by atoms with Gasteiger partial charge in [0.15, 0.2) is 0 Å². The highest BCUT2D eigenvalue weighted by Crippen LogP contribution is 2.15. The van der Waals surface area contributed by atoms with Gasteiger partial charge in [-0.2, -0.15) is 0 Å². The summed E-state index contributed by atoms with van der Waals surface area (Å²) in [6.45, 7) is 7.54. The predicted octanol–water partition coefficient (Wildman–Crippen LogP) is 2.73. The lowest BCUT2D eigenvalue weighted by Crippen LogP contribution is -2.34. The van der Waals surface area contributed by atoms with Crippen LogP contribution in [0.3, 0.4) is 0 Å². The zero-order chi connectivity index (χ0) is 19.6. The molecule has 0 fully saturated rings. The summed E-state index contributed by atoms with van der Waals surface area (Å²) < 4.78 is 5.10. The van der Waals surface area contributed by atoms with E-state index in [0.29, 0.717) is 12.2 Å². The van der Waals surface area contributed by atoms with E-state index in [0.717, 1.165) is 5.56 Å². The molecule has 0 aliphatic heterocycles. The average molecular weight is 361 g/mol. The number of benzene rings is 1. The molecule has 0 unspecified atom stereocenters. The van der Waals surface area contributed by atoms with E-state index in [9.17, 15) is 14.4 Å². The summed E-state index contributed by atoms with van der Waals surface area (Å²) in [7, 11) is 0. The molecule has 0 saturated carbocycles. The molecule has 7 heteroatoms. The number of hydrogen-bond donors (Lipinski definition) is 3. The van der Waals surface area contributed by atoms with Gasteiger partial charge in [0.25, 0.3) is 0 Å². The molecule has 0 atom stereocenters. The van der Waals surface area contributed by atoms with Gasteiger partial charge >= 0.3 is 6.09 Å². The highest BCUT2D eigenvalue weighted by Gasteiger charge is 2.16. The van der Waals surface area contributed by atoms with Gasteiger partial charge in [0.1, 0.15) is 5.60 Å². The summed E-state index contributed by atoms with van der Waals surface area (Å²) in [5, 5.41) is 8.07. The predicted molar refractivity (Wildman–Crippen MR) is 101 cm³/mol. The van der Waals surface area contributed by atoms with Crippen molar-refractivity contribution in [3.8, 4) is 0 Å². The number of amides is 3. The van der Waals surface area contributed by atoms with Crippen molar-refractivity contribution in [2.75, 3.05) is 11.9 Å². The maximum atomic E-state index is 12.1. The molecule has 0 aromatic heterocycles. The molecular formula is C19H27N3O4. The van der Waals surface area contributed by atoms with Crippen molar-refractivity contribution in [1.29, 1.82) is 0 Å². The fraction of sp³-hybridized carbons (Fsp3) is 0.421. The fourth-order valence-electron chi connectivity index (χ4n) is 1.99. The maximum absolute atomic E-state index is 12.1. The van der Waals surface area contributed by atoms with E-state index in [2.05, 4.69) is 16.0 Å². The Balaban J connectivity index is 2.49. The Morgan fingerprint density at radius 3 is 2.46 bits per heavy atom. The van der Waals surface area contributed by atoms with Gasteiger partial charge in [-0.1, -0.05) is 24.3 Å². The number of nitrogens with one attached hydrogen (secondary N) is 3. The second-order valence-electron chi connectivity index (χ2n) is 6.60. The first-order valence-electron chi connectivity index (χ1n) is 8.46. The Morgan fingerprint density at radius 1 is 1.12 bits per heavy atom. The Labute approximate surface area is 154 Å². The van der Waals surface area contributed by atoms with Crippen LogP contribution < -0.4 is 16.0 Å². The van der Waals surface area contributed by atoms with E-state index in [1.807, 2.05) is 12.1 Å². The molecule has 1 rings (SSSR count). The zero-order valence-electron chi connectivity index (χ0n) is 15.7. The van der Waals surface area contributed by atoms with Crippen LogP contribution in [0.4, 0.5) is 10.5 Å². The SMILES string of the molecule is C/C=C/C(=O)NCc1ccccc1NC(=O)CCNC(=O)OC(C)(C)C. The first kappa shape index (κ1) is 21.2. The summed E-state index contributed by atoms with van der Waals surface area (Å²) in [4.78, 5) is 35.1. The van der Waals surface area contributed by atoms with Gasteiger partial charge in [-0.25, -0.2) is 4.79 Å². The molecule has 7 nitrogen and oxygen atoms in total. The standard InChI is InChI=1S/C19H27N3O4/c1-5-8-16(23)21-13-14-9-6-7-10-15(14)22-17(24)11-12-20-18(25)26-19(2,3)4/h5-10H,11-13H2,1-4H3,(H,20,25)(H,21,23)(H,22,24)/b8-5+. The third-order valence-electron chi connectivity index (χ3n) is 3.08. The lowest BCUT2D eigenvalue weighted by molar-refractivity contribution is -0.117. The molecule has 0 bridgehead atoms. The second kappa shape index (κ2) is 10.2. The number of para-hydroxylation sites is 1. The van der Waals surface area contributed by atoms with Crippen molar-refractivity contribution < 1.29 is 19.1 Å². The van der Waals surface area contributed by atoms with Gasteiger partial charge in [0, 0.05) is 25.2 Å². The molecule has 3 amide bonds. The van der Waals surface area contributed by atoms with E-state index in [-0.39, 0.29) is 24.8 Å². The quantitative estimate of drug-likeness (QED) is 0.651. The number of alkyl carbamates (subject to hydrolysis) is 1. The first-order chi connectivity index (χ1) is 12.2. The van der Waals surface area contributed by atoms with Crippen molar-refractivity contribution >= 4 is 23.6 Å². The minimum absolute atomic E-state index is 0.110. The Hall–Kier alpha value is -2.83. The molecule has 142 valence electrons. The fourth-order valence-corrected chi connectivity index (χ4v) is 1.99. The van der Waals surface area contributed by atoms with Crippen LogP contribution in [0.2, 0.25) is 0 Å². The second-order valence-corrected chi connectivity index (χ2v) is 6.60. The summed E-state index contributed by atoms with van der Waals surface area (Å²) >= 11 is 0. The van der Waals surface area contributed by atoms with Gasteiger partial charge in [-0.15, -0.1) is 0 Å². The average Bonchev–Trinajstić information content (AvgIpc) is 2.52. The molecule has 0 heterocycles. The van der Waals surface area contributed by atoms with Crippen LogP contribution in [0, 0.1) is 0 Å². The van der Waals surface area contributed by atoms with Gasteiger partial charge < -0.3 is 20.7 Å². The highest BCUT2D eigenvalue weighted by atomic mass is 16.6. The minimum Gasteiger partial charge on any atom is -0.444 e. The topological polar surface area (TPSA) is 96.5 Å². The van der Waals surface area contributed by atoms with Crippen LogP contribution in [0.5, 0.6) is 0 Å². The number of hydrogen-bond acceptors (Lipinski definition) is 4. The van der Waals surface area contributed by atoms with Crippen LogP contribution in [-0.2, 0) is 20.9 Å². The Morgan fingerprint density at radius 2 is 1.81 bits per heavy atom. The Kier molecular flexibility index (Phi) is 8.34. The van der Waals surface area contributed by atoms with Crippen LogP contribution in [0.25, 0.3) is 0 Å². The smallest absolute Gasteiger partial charge is 0.407 e. The first-order valence-corrected chi connectivity index (χ1v) is 8.46. The van der Waals surface area contributed by atoms with E-state index in [1.165, 1.54) is 6.08 Å². The number of ether oxygens (including phenoxy) is 1. The molecule has 26 heavy (non-hydrogen) atoms. The van der Waals surface area contributed by atoms with Crippen molar-refractivity contribution in [1.82, 2.24) is 10.6 Å². The van der Waals surface area contributed by atoms with E-state index in [1.54, 1.807) is 45.9 Å². The molecule has 3 N–H and O–H groups in total. The number of allylic oxidation sites excluding steroid dienone is 1. The van der Waals surface area contributed by atoms with E-state index in [4.69, 9.17) is 4.74 Å². The van der Waals surface area contributed by atoms with Crippen LogP contribution in [0.1, 0.15) is 39.7 Å². The molecule has 0 spiro atoms. The number of carbonyl (C=O) groups excluding carboxylic acids is 3. The summed E-state index contributed by atoms with van der Waals surface area (Å²) in [6, 6.07) is 7.21. The monoisotopic (exact) mass is 361 g/mol. The number of anilines is 1. The molecule has 1 aromatic carbocycles. The summed E-state index contributed by atoms with van der Waals surface area (Å²) in [5.74, 6) is -0.441. The largest absolute Gasteiger partial charge is 0.444 e. The molecular weight excluding hydrogens is 334 g/mol. The van der Waals surface area contributed by atoms with Crippen molar-refractivity contribution in [2.24, 2.45) is 0 Å². The third kappa shape index (κ3) is 8.86. The van der Waals surface area contributed by atoms with Gasteiger partial charge in [-0.05, 0) is 45.4 Å². The lowest BCUT2D eigenvalue weighted by Gasteiger charge is -2.19. The molecule has 0 aliphatic rings. The molecule has 0 saturated heterocycles. The summed E-state index contributed by atoms with van der Waals surface area (Å²) in [6.07, 6.45) is 2.64. The van der Waals surface area contributed by atoms with Crippen LogP contribution >= 0.6 is 0 Å². The van der Waals surface area contributed by atoms with E-state index < -0.39 is 11.7 Å². The van der Waals surface area contributed by atoms with Gasteiger partial charge in [0.2, 0.25) is 11.8 Å². The zero-order valence-corrected chi connectivity index (χ0v) is 15.7. The van der Waals surface area contributed by atoms with Crippen LogP contribution in [0.15, 0.2) is 36.4 Å². The highest BCUT2D eigenvalue weighted by molar-refractivity contribution is 5.92. The molecule has 1 aromatic rings. The minimum atomic E-state index is -0.581. The molecule has 0 aliphatic carbocycles. The normalized spacial score (nSPS) is 11.1. The van der Waals surface area contributed by atoms with Crippen molar-refractivity contribution in [3.05, 3.63) is 42.0 Å². The van der Waals surface area contributed by atoms with Gasteiger partial charge in [-0.3, -0.25) is 9.59 Å². The van der Waals surface area contributed by atoms with Crippen molar-refractivity contribution in [3.63, 3.8) is 0 Å². The van der Waals surface area contributed by atoms with Crippen molar-refractivity contribution in [2.45, 2.75) is 46.3 Å². The Bertz CT molecular complexity index is 663. The summed E-state index contributed by atoms with van der Waals surface area (Å²) in [5.41, 5.74) is 0.831.